The standard InChI is InChI=1S/C18H17N5O2/c1-11-19-6-13(7-20-11)18(25)23-8-15(12-3-2-4-14(24)5-12)17-16(9-23)21-10-22-17/h2-7,10,15,24H,8-9H2,1H3,(H,21,22). The zero-order valence-electron chi connectivity index (χ0n) is 13.7. The Morgan fingerprint density at radius 1 is 1.28 bits per heavy atom. The smallest absolute Gasteiger partial charge is 0.257 e. The molecule has 4 rings (SSSR count). The fourth-order valence-corrected chi connectivity index (χ4v) is 3.17. The number of phenols is 1. The zero-order chi connectivity index (χ0) is 17.4. The number of benzene rings is 1. The summed E-state index contributed by atoms with van der Waals surface area (Å²) in [5.41, 5.74) is 3.20. The molecule has 0 radical (unpaired) electrons. The molecule has 2 aromatic heterocycles. The van der Waals surface area contributed by atoms with Gasteiger partial charge in [-0.15, -0.1) is 0 Å². The van der Waals surface area contributed by atoms with Crippen LogP contribution in [-0.2, 0) is 6.54 Å². The number of aromatic nitrogens is 4. The highest BCUT2D eigenvalue weighted by Crippen LogP contribution is 2.33. The highest BCUT2D eigenvalue weighted by Gasteiger charge is 2.32. The van der Waals surface area contributed by atoms with Crippen molar-refractivity contribution in [2.45, 2.75) is 19.4 Å². The highest BCUT2D eigenvalue weighted by molar-refractivity contribution is 5.93. The first-order chi connectivity index (χ1) is 12.1. The van der Waals surface area contributed by atoms with Crippen LogP contribution in [0.4, 0.5) is 0 Å². The van der Waals surface area contributed by atoms with Gasteiger partial charge in [0, 0.05) is 24.9 Å². The van der Waals surface area contributed by atoms with Crippen molar-refractivity contribution in [1.82, 2.24) is 24.8 Å². The average Bonchev–Trinajstić information content (AvgIpc) is 3.09. The number of carbonyl (C=O) groups excluding carboxylic acids is 1. The van der Waals surface area contributed by atoms with Gasteiger partial charge in [0.2, 0.25) is 0 Å². The Kier molecular flexibility index (Phi) is 3.68. The van der Waals surface area contributed by atoms with Crippen LogP contribution in [0.2, 0.25) is 0 Å². The van der Waals surface area contributed by atoms with Gasteiger partial charge < -0.3 is 15.0 Å². The van der Waals surface area contributed by atoms with Crippen molar-refractivity contribution in [2.24, 2.45) is 0 Å². The second-order valence-corrected chi connectivity index (χ2v) is 6.12. The van der Waals surface area contributed by atoms with E-state index in [1.54, 1.807) is 48.7 Å². The second kappa shape index (κ2) is 6.01. The van der Waals surface area contributed by atoms with Gasteiger partial charge in [0.25, 0.3) is 5.91 Å². The molecule has 0 saturated heterocycles. The third kappa shape index (κ3) is 2.84. The summed E-state index contributed by atoms with van der Waals surface area (Å²) in [6, 6.07) is 7.08. The molecule has 7 heteroatoms. The van der Waals surface area contributed by atoms with Gasteiger partial charge in [-0.1, -0.05) is 12.1 Å². The molecule has 1 amide bonds. The van der Waals surface area contributed by atoms with E-state index < -0.39 is 0 Å². The fraction of sp³-hybridized carbons (Fsp3) is 0.222. The van der Waals surface area contributed by atoms with Gasteiger partial charge >= 0.3 is 0 Å². The normalized spacial score (nSPS) is 16.5. The number of phenolic OH excluding ortho intramolecular Hbond substituents is 1. The first-order valence-electron chi connectivity index (χ1n) is 8.01. The molecule has 1 unspecified atom stereocenters. The first-order valence-corrected chi connectivity index (χ1v) is 8.01. The van der Waals surface area contributed by atoms with Crippen LogP contribution in [0.25, 0.3) is 0 Å². The molecular formula is C18H17N5O2. The number of nitrogens with one attached hydrogen (secondary N) is 1. The van der Waals surface area contributed by atoms with E-state index in [4.69, 9.17) is 0 Å². The number of amides is 1. The topological polar surface area (TPSA) is 95.0 Å². The van der Waals surface area contributed by atoms with Gasteiger partial charge in [0.05, 0.1) is 29.8 Å². The number of carbonyl (C=O) groups is 1. The van der Waals surface area contributed by atoms with Crippen molar-refractivity contribution in [3.05, 3.63) is 71.3 Å². The quantitative estimate of drug-likeness (QED) is 0.747. The number of imidazole rings is 1. The Morgan fingerprint density at radius 3 is 2.84 bits per heavy atom. The number of hydrogen-bond donors (Lipinski definition) is 2. The van der Waals surface area contributed by atoms with Crippen molar-refractivity contribution >= 4 is 5.91 Å². The summed E-state index contributed by atoms with van der Waals surface area (Å²) >= 11 is 0. The molecular weight excluding hydrogens is 318 g/mol. The maximum Gasteiger partial charge on any atom is 0.257 e. The van der Waals surface area contributed by atoms with Gasteiger partial charge in [0.1, 0.15) is 11.6 Å². The fourth-order valence-electron chi connectivity index (χ4n) is 3.17. The lowest BCUT2D eigenvalue weighted by Crippen LogP contribution is -2.38. The highest BCUT2D eigenvalue weighted by atomic mass is 16.3. The Bertz CT molecular complexity index is 919. The number of aryl methyl sites for hydroxylation is 1. The molecule has 1 aliphatic heterocycles. The lowest BCUT2D eigenvalue weighted by Gasteiger charge is -2.32. The van der Waals surface area contributed by atoms with Gasteiger partial charge in [0.15, 0.2) is 0 Å². The maximum absolute atomic E-state index is 12.8. The van der Waals surface area contributed by atoms with Gasteiger partial charge in [-0.05, 0) is 24.6 Å². The molecule has 0 bridgehead atoms. The minimum atomic E-state index is -0.120. The number of H-pyrrole nitrogens is 1. The summed E-state index contributed by atoms with van der Waals surface area (Å²) in [6.45, 7) is 2.72. The predicted octanol–water partition coefficient (Wildman–Crippen LogP) is 2.00. The molecule has 1 aromatic carbocycles. The number of fused-ring (bicyclic) bond motifs is 1. The minimum absolute atomic E-state index is 0.0996. The molecule has 1 atom stereocenters. The summed E-state index contributed by atoms with van der Waals surface area (Å²) in [7, 11) is 0. The zero-order valence-corrected chi connectivity index (χ0v) is 13.7. The molecule has 25 heavy (non-hydrogen) atoms. The summed E-state index contributed by atoms with van der Waals surface area (Å²) in [4.78, 5) is 30.4. The van der Waals surface area contributed by atoms with Crippen LogP contribution in [0.15, 0.2) is 43.0 Å². The molecule has 0 spiro atoms. The summed E-state index contributed by atoms with van der Waals surface area (Å²) in [5, 5.41) is 9.80. The van der Waals surface area contributed by atoms with E-state index >= 15 is 0 Å². The van der Waals surface area contributed by atoms with Crippen molar-refractivity contribution < 1.29 is 9.90 Å². The Morgan fingerprint density at radius 2 is 2.08 bits per heavy atom. The summed E-state index contributed by atoms with van der Waals surface area (Å²) in [6.07, 6.45) is 4.75. The minimum Gasteiger partial charge on any atom is -0.508 e. The average molecular weight is 335 g/mol. The lowest BCUT2D eigenvalue weighted by atomic mass is 9.90. The molecule has 0 fully saturated rings. The van der Waals surface area contributed by atoms with Crippen molar-refractivity contribution in [3.63, 3.8) is 0 Å². The van der Waals surface area contributed by atoms with E-state index in [1.165, 1.54) is 0 Å². The Hall–Kier alpha value is -3.22. The van der Waals surface area contributed by atoms with E-state index in [2.05, 4.69) is 19.9 Å². The van der Waals surface area contributed by atoms with Crippen LogP contribution in [0, 0.1) is 6.92 Å². The Labute approximate surface area is 144 Å². The van der Waals surface area contributed by atoms with Crippen LogP contribution in [-0.4, -0.2) is 42.4 Å². The SMILES string of the molecule is Cc1ncc(C(=O)N2Cc3[nH]cnc3C(c3cccc(O)c3)C2)cn1. The number of rotatable bonds is 2. The molecule has 7 nitrogen and oxygen atoms in total. The van der Waals surface area contributed by atoms with E-state index in [0.717, 1.165) is 17.0 Å². The number of nitrogens with zero attached hydrogens (tertiary/aromatic N) is 4. The number of hydrogen-bond acceptors (Lipinski definition) is 5. The molecule has 0 saturated carbocycles. The molecule has 3 aromatic rings. The van der Waals surface area contributed by atoms with Gasteiger partial charge in [-0.2, -0.15) is 0 Å². The molecule has 1 aliphatic rings. The van der Waals surface area contributed by atoms with Crippen molar-refractivity contribution in [1.29, 1.82) is 0 Å². The molecule has 0 aliphatic carbocycles. The van der Waals surface area contributed by atoms with Crippen LogP contribution in [0.3, 0.4) is 0 Å². The number of aromatic hydroxyl groups is 1. The molecule has 3 heterocycles. The van der Waals surface area contributed by atoms with Crippen molar-refractivity contribution in [3.8, 4) is 5.75 Å². The predicted molar refractivity (Wildman–Crippen MR) is 90.0 cm³/mol. The van der Waals surface area contributed by atoms with E-state index in [1.807, 2.05) is 6.07 Å². The summed E-state index contributed by atoms with van der Waals surface area (Å²) < 4.78 is 0. The lowest BCUT2D eigenvalue weighted by molar-refractivity contribution is 0.0721. The number of aromatic amines is 1. The van der Waals surface area contributed by atoms with E-state index in [0.29, 0.717) is 24.5 Å². The first kappa shape index (κ1) is 15.3. The van der Waals surface area contributed by atoms with Gasteiger partial charge in [-0.25, -0.2) is 15.0 Å². The summed E-state index contributed by atoms with van der Waals surface area (Å²) in [5.74, 6) is 0.608. The third-order valence-corrected chi connectivity index (χ3v) is 4.42. The Balaban J connectivity index is 1.68. The van der Waals surface area contributed by atoms with Gasteiger partial charge in [-0.3, -0.25) is 4.79 Å². The van der Waals surface area contributed by atoms with Crippen LogP contribution in [0.1, 0.15) is 39.1 Å². The van der Waals surface area contributed by atoms with Crippen LogP contribution >= 0.6 is 0 Å². The largest absolute Gasteiger partial charge is 0.508 e. The van der Waals surface area contributed by atoms with Crippen molar-refractivity contribution in [2.75, 3.05) is 6.54 Å². The van der Waals surface area contributed by atoms with E-state index in [9.17, 15) is 9.90 Å². The van der Waals surface area contributed by atoms with Crippen LogP contribution in [0.5, 0.6) is 5.75 Å². The van der Waals surface area contributed by atoms with Crippen LogP contribution < -0.4 is 0 Å². The monoisotopic (exact) mass is 335 g/mol. The molecule has 126 valence electrons. The second-order valence-electron chi connectivity index (χ2n) is 6.12. The molecule has 2 N–H and O–H groups in total. The third-order valence-electron chi connectivity index (χ3n) is 4.42. The van der Waals surface area contributed by atoms with E-state index in [-0.39, 0.29) is 17.6 Å². The maximum atomic E-state index is 12.8.